The highest BCUT2D eigenvalue weighted by Gasteiger charge is 2.68. The Morgan fingerprint density at radius 3 is 2.46 bits per heavy atom. The summed E-state index contributed by atoms with van der Waals surface area (Å²) in [6.45, 7) is 3.89. The summed E-state index contributed by atoms with van der Waals surface area (Å²) < 4.78 is 0. The van der Waals surface area contributed by atoms with Crippen molar-refractivity contribution in [2.24, 2.45) is 34.5 Å². The van der Waals surface area contributed by atoms with Crippen molar-refractivity contribution >= 4 is 0 Å². The van der Waals surface area contributed by atoms with E-state index in [1.165, 1.54) is 0 Å². The lowest BCUT2D eigenvalue weighted by Gasteiger charge is -2.63. The molecule has 0 heterocycles. The van der Waals surface area contributed by atoms with Crippen molar-refractivity contribution < 1.29 is 25.5 Å². The van der Waals surface area contributed by atoms with Gasteiger partial charge >= 0.3 is 0 Å². The molecule has 0 amide bonds. The lowest BCUT2D eigenvalue weighted by molar-refractivity contribution is -0.224. The number of aliphatic hydroxyl groups excluding tert-OH is 4. The molecule has 0 unspecified atom stereocenters. The molecule has 5 heteroatoms. The van der Waals surface area contributed by atoms with Gasteiger partial charge in [0.2, 0.25) is 0 Å². The lowest BCUT2D eigenvalue weighted by Crippen LogP contribution is -2.64. The Labute approximate surface area is 156 Å². The normalized spacial score (nSPS) is 57.8. The van der Waals surface area contributed by atoms with Crippen LogP contribution in [0.15, 0.2) is 0 Å². The minimum atomic E-state index is -1.32. The maximum absolute atomic E-state index is 11.3. The molecule has 4 saturated carbocycles. The Bertz CT molecular complexity index is 555. The van der Waals surface area contributed by atoms with Crippen LogP contribution in [0.5, 0.6) is 0 Å². The molecule has 10 atom stereocenters. The van der Waals surface area contributed by atoms with Crippen molar-refractivity contribution in [1.29, 1.82) is 0 Å². The Balaban J connectivity index is 1.68. The van der Waals surface area contributed by atoms with Gasteiger partial charge in [0.25, 0.3) is 0 Å². The van der Waals surface area contributed by atoms with Crippen LogP contribution in [-0.2, 0) is 0 Å². The number of hydrogen-bond donors (Lipinski definition) is 5. The molecule has 0 spiro atoms. The molecule has 4 aliphatic rings. The van der Waals surface area contributed by atoms with Gasteiger partial charge in [0.15, 0.2) is 0 Å². The summed E-state index contributed by atoms with van der Waals surface area (Å²) in [6.07, 6.45) is 4.70. The topological polar surface area (TPSA) is 101 Å². The van der Waals surface area contributed by atoms with E-state index in [2.05, 4.69) is 6.92 Å². The Morgan fingerprint density at radius 1 is 1.04 bits per heavy atom. The summed E-state index contributed by atoms with van der Waals surface area (Å²) in [4.78, 5) is 0. The number of hydrogen-bond acceptors (Lipinski definition) is 5. The largest absolute Gasteiger partial charge is 0.394 e. The molecule has 0 aromatic heterocycles. The van der Waals surface area contributed by atoms with E-state index in [0.29, 0.717) is 24.7 Å². The molecule has 4 aliphatic carbocycles. The number of aliphatic hydroxyl groups is 5. The molecule has 0 radical (unpaired) electrons. The van der Waals surface area contributed by atoms with Gasteiger partial charge in [0.1, 0.15) is 6.10 Å². The molecule has 0 saturated heterocycles. The third kappa shape index (κ3) is 2.33. The van der Waals surface area contributed by atoms with Crippen molar-refractivity contribution in [3.63, 3.8) is 0 Å². The van der Waals surface area contributed by atoms with E-state index in [1.807, 2.05) is 6.92 Å². The van der Waals surface area contributed by atoms with E-state index in [-0.39, 0.29) is 23.4 Å². The molecular weight excluding hydrogens is 332 g/mol. The molecule has 0 aromatic carbocycles. The van der Waals surface area contributed by atoms with Crippen LogP contribution in [0.1, 0.15) is 65.2 Å². The van der Waals surface area contributed by atoms with Gasteiger partial charge in [-0.05, 0) is 80.5 Å². The third-order valence-corrected chi connectivity index (χ3v) is 9.51. The lowest BCUT2D eigenvalue weighted by atomic mass is 9.43. The third-order valence-electron chi connectivity index (χ3n) is 9.51. The van der Waals surface area contributed by atoms with Crippen LogP contribution in [-0.4, -0.2) is 56.1 Å². The Morgan fingerprint density at radius 2 is 1.77 bits per heavy atom. The minimum Gasteiger partial charge on any atom is -0.394 e. The van der Waals surface area contributed by atoms with E-state index >= 15 is 0 Å². The van der Waals surface area contributed by atoms with E-state index in [4.69, 9.17) is 0 Å². The number of fused-ring (bicyclic) bond motifs is 5. The molecule has 5 N–H and O–H groups in total. The van der Waals surface area contributed by atoms with Crippen LogP contribution in [0.25, 0.3) is 0 Å². The van der Waals surface area contributed by atoms with Crippen LogP contribution in [0.4, 0.5) is 0 Å². The standard InChI is InChI=1S/C21H36O5/c1-19-7-5-13(23)9-12(19)3-4-14-15-6-8-21(26,17(25)11-22)20(15,2)10-16(24)18(14)19/h12-18,22-26H,3-11H2,1-2H3/t12-,13+,14-,15-,16+,17-,18+,19-,20+,21-/m0/s1. The SMILES string of the molecule is C[C@]12CC[C@@H](O)C[C@@H]1CC[C@@H]1[C@@H]2[C@H](O)C[C@]2(C)[C@H]1CC[C@]2(O)[C@@H](O)CO. The van der Waals surface area contributed by atoms with Gasteiger partial charge < -0.3 is 25.5 Å². The average Bonchev–Trinajstić information content (AvgIpc) is 2.86. The van der Waals surface area contributed by atoms with Crippen molar-refractivity contribution in [2.45, 2.75) is 89.1 Å². The first kappa shape index (κ1) is 19.1. The second-order valence-electron chi connectivity index (χ2n) is 10.4. The van der Waals surface area contributed by atoms with Crippen LogP contribution in [0.2, 0.25) is 0 Å². The maximum atomic E-state index is 11.3. The molecule has 150 valence electrons. The molecular formula is C21H36O5. The molecule has 0 aromatic rings. The molecule has 0 aliphatic heterocycles. The Hall–Kier alpha value is -0.200. The molecule has 4 rings (SSSR count). The van der Waals surface area contributed by atoms with Gasteiger partial charge in [0.05, 0.1) is 24.4 Å². The van der Waals surface area contributed by atoms with Gasteiger partial charge in [0, 0.05) is 5.41 Å². The predicted octanol–water partition coefficient (Wildman–Crippen LogP) is 1.45. The van der Waals surface area contributed by atoms with Crippen molar-refractivity contribution in [3.05, 3.63) is 0 Å². The van der Waals surface area contributed by atoms with Gasteiger partial charge in [-0.15, -0.1) is 0 Å². The highest BCUT2D eigenvalue weighted by Crippen LogP contribution is 2.68. The molecule has 26 heavy (non-hydrogen) atoms. The van der Waals surface area contributed by atoms with Crippen LogP contribution < -0.4 is 0 Å². The predicted molar refractivity (Wildman–Crippen MR) is 97.2 cm³/mol. The monoisotopic (exact) mass is 368 g/mol. The van der Waals surface area contributed by atoms with Crippen molar-refractivity contribution in [1.82, 2.24) is 0 Å². The first-order valence-electron chi connectivity index (χ1n) is 10.5. The van der Waals surface area contributed by atoms with Crippen molar-refractivity contribution in [2.75, 3.05) is 6.61 Å². The van der Waals surface area contributed by atoms with Gasteiger partial charge in [-0.25, -0.2) is 0 Å². The molecule has 5 nitrogen and oxygen atoms in total. The summed E-state index contributed by atoms with van der Waals surface area (Å²) in [5.41, 5.74) is -1.83. The summed E-state index contributed by atoms with van der Waals surface area (Å²) >= 11 is 0. The zero-order valence-electron chi connectivity index (χ0n) is 16.1. The maximum Gasteiger partial charge on any atom is 0.106 e. The minimum absolute atomic E-state index is 0.0548. The van der Waals surface area contributed by atoms with Crippen LogP contribution in [0, 0.1) is 34.5 Å². The van der Waals surface area contributed by atoms with Crippen LogP contribution >= 0.6 is 0 Å². The zero-order chi connectivity index (χ0) is 18.9. The number of rotatable bonds is 2. The molecule has 4 fully saturated rings. The van der Waals surface area contributed by atoms with Crippen LogP contribution in [0.3, 0.4) is 0 Å². The van der Waals surface area contributed by atoms with E-state index in [0.717, 1.165) is 38.5 Å². The summed E-state index contributed by atoms with van der Waals surface area (Å²) in [5.74, 6) is 1.29. The fourth-order valence-corrected chi connectivity index (χ4v) is 8.10. The highest BCUT2D eigenvalue weighted by molar-refractivity contribution is 5.17. The summed E-state index contributed by atoms with van der Waals surface area (Å²) in [7, 11) is 0. The quantitative estimate of drug-likeness (QED) is 0.508. The highest BCUT2D eigenvalue weighted by atomic mass is 16.4. The second kappa shape index (κ2) is 6.15. The zero-order valence-corrected chi connectivity index (χ0v) is 16.1. The van der Waals surface area contributed by atoms with E-state index in [1.54, 1.807) is 0 Å². The summed E-state index contributed by atoms with van der Waals surface area (Å²) in [6, 6.07) is 0. The first-order chi connectivity index (χ1) is 12.2. The van der Waals surface area contributed by atoms with E-state index in [9.17, 15) is 25.5 Å². The fourth-order valence-electron chi connectivity index (χ4n) is 8.10. The molecule has 0 bridgehead atoms. The smallest absolute Gasteiger partial charge is 0.106 e. The fraction of sp³-hybridized carbons (Fsp3) is 1.00. The van der Waals surface area contributed by atoms with Gasteiger partial charge in [-0.3, -0.25) is 0 Å². The van der Waals surface area contributed by atoms with Gasteiger partial charge in [-0.1, -0.05) is 13.8 Å². The summed E-state index contributed by atoms with van der Waals surface area (Å²) in [5, 5.41) is 52.5. The van der Waals surface area contributed by atoms with E-state index < -0.39 is 29.8 Å². The second-order valence-corrected chi connectivity index (χ2v) is 10.4. The van der Waals surface area contributed by atoms with Gasteiger partial charge in [-0.2, -0.15) is 0 Å². The first-order valence-corrected chi connectivity index (χ1v) is 10.5. The average molecular weight is 369 g/mol. The van der Waals surface area contributed by atoms with Crippen molar-refractivity contribution in [3.8, 4) is 0 Å². The Kier molecular flexibility index (Phi) is 4.52.